The first-order chi connectivity index (χ1) is 8.85. The summed E-state index contributed by atoms with van der Waals surface area (Å²) in [5, 5.41) is 3.46. The summed E-state index contributed by atoms with van der Waals surface area (Å²) in [7, 11) is 0. The lowest BCUT2D eigenvalue weighted by molar-refractivity contribution is 0.769. The number of nitrogen functional groups attached to an aromatic ring is 1. The average molecular weight is 240 g/mol. The van der Waals surface area contributed by atoms with Crippen molar-refractivity contribution in [1.29, 1.82) is 0 Å². The highest BCUT2D eigenvalue weighted by molar-refractivity contribution is 5.46. The van der Waals surface area contributed by atoms with Crippen LogP contribution in [-0.2, 0) is 12.8 Å². The topological polar surface area (TPSA) is 63.0 Å². The minimum Gasteiger partial charge on any atom is -0.367 e. The fourth-order valence-corrected chi connectivity index (χ4v) is 2.47. The minimum atomic E-state index is 0.419. The molecule has 0 atom stereocenters. The van der Waals surface area contributed by atoms with Crippen LogP contribution in [0.4, 0.5) is 11.6 Å². The molecule has 1 heterocycles. The standard InChI is InChI=1S/C14H16N4/c15-18-14-7-3-6-13(17-14)16-12-8-10-4-1-2-5-11(10)9-12/h1-7,12H,8-9,15H2,(H2,16,17,18). The van der Waals surface area contributed by atoms with Gasteiger partial charge < -0.3 is 10.7 Å². The van der Waals surface area contributed by atoms with Crippen molar-refractivity contribution in [2.75, 3.05) is 10.7 Å². The van der Waals surface area contributed by atoms with Crippen LogP contribution >= 0.6 is 0 Å². The second kappa shape index (κ2) is 4.66. The van der Waals surface area contributed by atoms with Crippen molar-refractivity contribution in [3.05, 3.63) is 53.6 Å². The zero-order chi connectivity index (χ0) is 12.4. The van der Waals surface area contributed by atoms with E-state index in [1.807, 2.05) is 18.2 Å². The maximum absolute atomic E-state index is 5.36. The number of nitrogens with two attached hydrogens (primary N) is 1. The van der Waals surface area contributed by atoms with Crippen molar-refractivity contribution < 1.29 is 0 Å². The zero-order valence-electron chi connectivity index (χ0n) is 10.1. The Kier molecular flexibility index (Phi) is 2.86. The smallest absolute Gasteiger partial charge is 0.142 e. The van der Waals surface area contributed by atoms with Gasteiger partial charge in [-0.25, -0.2) is 10.8 Å². The largest absolute Gasteiger partial charge is 0.367 e. The number of anilines is 2. The quantitative estimate of drug-likeness (QED) is 0.567. The summed E-state index contributed by atoms with van der Waals surface area (Å²) in [6.07, 6.45) is 2.11. The van der Waals surface area contributed by atoms with Gasteiger partial charge in [0, 0.05) is 6.04 Å². The molecule has 2 aromatic rings. The molecule has 4 heteroatoms. The van der Waals surface area contributed by atoms with E-state index in [1.54, 1.807) is 0 Å². The number of nitrogens with zero attached hydrogens (tertiary/aromatic N) is 1. The van der Waals surface area contributed by atoms with Gasteiger partial charge in [0.05, 0.1) is 0 Å². The molecule has 18 heavy (non-hydrogen) atoms. The molecule has 0 fully saturated rings. The van der Waals surface area contributed by atoms with Crippen molar-refractivity contribution >= 4 is 11.6 Å². The molecule has 1 aromatic heterocycles. The van der Waals surface area contributed by atoms with Crippen LogP contribution in [0, 0.1) is 0 Å². The third kappa shape index (κ3) is 2.15. The lowest BCUT2D eigenvalue weighted by Gasteiger charge is -2.13. The molecule has 0 amide bonds. The van der Waals surface area contributed by atoms with E-state index in [-0.39, 0.29) is 0 Å². The highest BCUT2D eigenvalue weighted by Gasteiger charge is 2.20. The fourth-order valence-electron chi connectivity index (χ4n) is 2.47. The summed E-state index contributed by atoms with van der Waals surface area (Å²) in [5.74, 6) is 6.90. The molecule has 4 nitrogen and oxygen atoms in total. The predicted octanol–water partition coefficient (Wildman–Crippen LogP) is 1.95. The molecule has 0 saturated heterocycles. The number of benzene rings is 1. The molecular weight excluding hydrogens is 224 g/mol. The van der Waals surface area contributed by atoms with E-state index in [9.17, 15) is 0 Å². The molecule has 92 valence electrons. The lowest BCUT2D eigenvalue weighted by atomic mass is 10.1. The van der Waals surface area contributed by atoms with Gasteiger partial charge in [-0.2, -0.15) is 0 Å². The van der Waals surface area contributed by atoms with Crippen LogP contribution in [-0.4, -0.2) is 11.0 Å². The molecular formula is C14H16N4. The van der Waals surface area contributed by atoms with E-state index in [0.717, 1.165) is 18.7 Å². The highest BCUT2D eigenvalue weighted by Crippen LogP contribution is 2.24. The normalized spacial score (nSPS) is 14.3. The Bertz CT molecular complexity index is 528. The molecule has 1 aromatic carbocycles. The SMILES string of the molecule is NNc1cccc(NC2Cc3ccccc3C2)n1. The van der Waals surface area contributed by atoms with Gasteiger partial charge in [0.25, 0.3) is 0 Å². The summed E-state index contributed by atoms with van der Waals surface area (Å²) in [6.45, 7) is 0. The number of hydrazine groups is 1. The third-order valence-corrected chi connectivity index (χ3v) is 3.30. The van der Waals surface area contributed by atoms with Gasteiger partial charge in [-0.15, -0.1) is 0 Å². The van der Waals surface area contributed by atoms with Gasteiger partial charge in [0.15, 0.2) is 0 Å². The van der Waals surface area contributed by atoms with Crippen LogP contribution in [0.1, 0.15) is 11.1 Å². The zero-order valence-corrected chi connectivity index (χ0v) is 10.1. The van der Waals surface area contributed by atoms with E-state index < -0.39 is 0 Å². The van der Waals surface area contributed by atoms with Gasteiger partial charge in [-0.3, -0.25) is 0 Å². The van der Waals surface area contributed by atoms with Crippen molar-refractivity contribution in [1.82, 2.24) is 4.98 Å². The molecule has 3 rings (SSSR count). The summed E-state index contributed by atoms with van der Waals surface area (Å²) < 4.78 is 0. The Morgan fingerprint density at radius 2 is 1.61 bits per heavy atom. The molecule has 0 bridgehead atoms. The molecule has 0 spiro atoms. The number of pyridine rings is 1. The number of fused-ring (bicyclic) bond motifs is 1. The van der Waals surface area contributed by atoms with Crippen LogP contribution in [0.3, 0.4) is 0 Å². The summed E-state index contributed by atoms with van der Waals surface area (Å²) >= 11 is 0. The molecule has 0 unspecified atom stereocenters. The van der Waals surface area contributed by atoms with E-state index in [1.165, 1.54) is 11.1 Å². The van der Waals surface area contributed by atoms with Crippen LogP contribution in [0.25, 0.3) is 0 Å². The fraction of sp³-hybridized carbons (Fsp3) is 0.214. The Morgan fingerprint density at radius 3 is 2.28 bits per heavy atom. The Hall–Kier alpha value is -2.07. The molecule has 1 aliphatic carbocycles. The molecule has 0 aliphatic heterocycles. The van der Waals surface area contributed by atoms with Crippen molar-refractivity contribution in [2.24, 2.45) is 5.84 Å². The number of aromatic nitrogens is 1. The van der Waals surface area contributed by atoms with Crippen molar-refractivity contribution in [3.8, 4) is 0 Å². The second-order valence-corrected chi connectivity index (χ2v) is 4.57. The molecule has 0 radical (unpaired) electrons. The maximum Gasteiger partial charge on any atom is 0.142 e. The number of hydrogen-bond acceptors (Lipinski definition) is 4. The van der Waals surface area contributed by atoms with Crippen molar-refractivity contribution in [3.63, 3.8) is 0 Å². The van der Waals surface area contributed by atoms with E-state index >= 15 is 0 Å². The van der Waals surface area contributed by atoms with Crippen LogP contribution in [0.15, 0.2) is 42.5 Å². The molecule has 0 saturated carbocycles. The van der Waals surface area contributed by atoms with Crippen LogP contribution in [0.5, 0.6) is 0 Å². The van der Waals surface area contributed by atoms with Crippen LogP contribution < -0.4 is 16.6 Å². The highest BCUT2D eigenvalue weighted by atomic mass is 15.3. The van der Waals surface area contributed by atoms with Gasteiger partial charge in [0.1, 0.15) is 11.6 Å². The number of hydrogen-bond donors (Lipinski definition) is 3. The Balaban J connectivity index is 1.72. The summed E-state index contributed by atoms with van der Waals surface area (Å²) in [6, 6.07) is 14.7. The summed E-state index contributed by atoms with van der Waals surface area (Å²) in [4.78, 5) is 4.37. The van der Waals surface area contributed by atoms with Crippen LogP contribution in [0.2, 0.25) is 0 Å². The minimum absolute atomic E-state index is 0.419. The van der Waals surface area contributed by atoms with Gasteiger partial charge in [0.2, 0.25) is 0 Å². The lowest BCUT2D eigenvalue weighted by Crippen LogP contribution is -2.20. The van der Waals surface area contributed by atoms with E-state index in [2.05, 4.69) is 40.0 Å². The molecule has 1 aliphatic rings. The Labute approximate surface area is 106 Å². The predicted molar refractivity (Wildman–Crippen MR) is 73.3 cm³/mol. The number of nitrogens with one attached hydrogen (secondary N) is 2. The van der Waals surface area contributed by atoms with E-state index in [4.69, 9.17) is 5.84 Å². The monoisotopic (exact) mass is 240 g/mol. The average Bonchev–Trinajstić information content (AvgIpc) is 2.81. The third-order valence-electron chi connectivity index (χ3n) is 3.30. The first-order valence-corrected chi connectivity index (χ1v) is 6.12. The first-order valence-electron chi connectivity index (χ1n) is 6.12. The van der Waals surface area contributed by atoms with E-state index in [0.29, 0.717) is 11.9 Å². The van der Waals surface area contributed by atoms with Gasteiger partial charge >= 0.3 is 0 Å². The summed E-state index contributed by atoms with van der Waals surface area (Å²) in [5.41, 5.74) is 5.43. The first kappa shape index (κ1) is 11.0. The van der Waals surface area contributed by atoms with Crippen molar-refractivity contribution in [2.45, 2.75) is 18.9 Å². The van der Waals surface area contributed by atoms with Gasteiger partial charge in [-0.1, -0.05) is 30.3 Å². The molecule has 4 N–H and O–H groups in total. The maximum atomic E-state index is 5.36. The second-order valence-electron chi connectivity index (χ2n) is 4.57. The number of rotatable bonds is 3. The Morgan fingerprint density at radius 1 is 0.944 bits per heavy atom. The van der Waals surface area contributed by atoms with Gasteiger partial charge in [-0.05, 0) is 36.1 Å².